The minimum atomic E-state index is -0.0248. The highest BCUT2D eigenvalue weighted by molar-refractivity contribution is 5.92. The highest BCUT2D eigenvalue weighted by atomic mass is 16.5. The molecule has 2 aromatic rings. The number of nitrogens with zero attached hydrogens (tertiary/aromatic N) is 5. The number of piperidine rings is 1. The van der Waals surface area contributed by atoms with Gasteiger partial charge < -0.3 is 9.42 Å². The van der Waals surface area contributed by atoms with Gasteiger partial charge >= 0.3 is 0 Å². The molecule has 0 bridgehead atoms. The monoisotopic (exact) mass is 327 g/mol. The lowest BCUT2D eigenvalue weighted by atomic mass is 9.97. The summed E-state index contributed by atoms with van der Waals surface area (Å²) >= 11 is 0. The van der Waals surface area contributed by atoms with Crippen LogP contribution in [-0.4, -0.2) is 44.0 Å². The fraction of sp³-hybridized carbons (Fsp3) is 0.588. The topological polar surface area (TPSA) is 85.0 Å². The van der Waals surface area contributed by atoms with Gasteiger partial charge in [0.15, 0.2) is 5.82 Å². The highest BCUT2D eigenvalue weighted by Crippen LogP contribution is 2.37. The third-order valence-electron chi connectivity index (χ3n) is 4.70. The van der Waals surface area contributed by atoms with E-state index in [2.05, 4.69) is 20.1 Å². The van der Waals surface area contributed by atoms with Gasteiger partial charge in [-0.05, 0) is 31.7 Å². The van der Waals surface area contributed by atoms with Crippen molar-refractivity contribution in [1.29, 1.82) is 0 Å². The van der Waals surface area contributed by atoms with Gasteiger partial charge in [0.05, 0.1) is 0 Å². The van der Waals surface area contributed by atoms with Gasteiger partial charge in [-0.1, -0.05) is 12.1 Å². The summed E-state index contributed by atoms with van der Waals surface area (Å²) in [6, 6.07) is 1.71. The zero-order valence-corrected chi connectivity index (χ0v) is 13.8. The second-order valence-corrected chi connectivity index (χ2v) is 6.56. The van der Waals surface area contributed by atoms with Crippen LogP contribution in [0.4, 0.5) is 0 Å². The van der Waals surface area contributed by atoms with Crippen LogP contribution in [0.2, 0.25) is 0 Å². The summed E-state index contributed by atoms with van der Waals surface area (Å²) in [5.74, 6) is 2.72. The molecule has 1 aliphatic carbocycles. The average molecular weight is 327 g/mol. The maximum absolute atomic E-state index is 12.8. The lowest BCUT2D eigenvalue weighted by molar-refractivity contribution is 0.0697. The molecular formula is C17H21N5O2. The number of aryl methyl sites for hydroxylation is 1. The molecule has 2 aliphatic rings. The summed E-state index contributed by atoms with van der Waals surface area (Å²) in [6.07, 6.45) is 6.59. The van der Waals surface area contributed by atoms with Crippen molar-refractivity contribution in [3.05, 3.63) is 35.5 Å². The standard InChI is InChI=1S/C17H21N5O2/c1-2-14-20-16(21-24-14)12-4-3-9-22(10-12)17(23)13-7-8-18-15(19-13)11-5-6-11/h7-8,11-12H,2-6,9-10H2,1H3/t12-/m1/s1. The number of carbonyl (C=O) groups is 1. The summed E-state index contributed by atoms with van der Waals surface area (Å²) in [5, 5.41) is 4.07. The third-order valence-corrected chi connectivity index (χ3v) is 4.70. The first-order chi connectivity index (χ1) is 11.7. The Bertz CT molecular complexity index is 740. The van der Waals surface area contributed by atoms with Gasteiger partial charge in [0.1, 0.15) is 11.5 Å². The molecule has 0 aromatic carbocycles. The molecular weight excluding hydrogens is 306 g/mol. The van der Waals surface area contributed by atoms with Crippen LogP contribution in [0.25, 0.3) is 0 Å². The van der Waals surface area contributed by atoms with Gasteiger partial charge in [-0.25, -0.2) is 9.97 Å². The Kier molecular flexibility index (Phi) is 4.00. The third kappa shape index (κ3) is 3.02. The summed E-state index contributed by atoms with van der Waals surface area (Å²) in [7, 11) is 0. The highest BCUT2D eigenvalue weighted by Gasteiger charge is 2.31. The molecule has 2 aromatic heterocycles. The minimum Gasteiger partial charge on any atom is -0.339 e. The molecule has 0 N–H and O–H groups in total. The van der Waals surface area contributed by atoms with E-state index in [9.17, 15) is 4.79 Å². The molecule has 7 nitrogen and oxygen atoms in total. The van der Waals surface area contributed by atoms with E-state index < -0.39 is 0 Å². The summed E-state index contributed by atoms with van der Waals surface area (Å²) in [6.45, 7) is 3.35. The van der Waals surface area contributed by atoms with E-state index in [1.807, 2.05) is 11.8 Å². The fourth-order valence-corrected chi connectivity index (χ4v) is 3.14. The number of hydrogen-bond donors (Lipinski definition) is 0. The van der Waals surface area contributed by atoms with Gasteiger partial charge in [0, 0.05) is 37.5 Å². The van der Waals surface area contributed by atoms with Gasteiger partial charge in [-0.3, -0.25) is 4.79 Å². The maximum Gasteiger partial charge on any atom is 0.272 e. The predicted octanol–water partition coefficient (Wildman–Crippen LogP) is 2.32. The molecule has 0 radical (unpaired) electrons. The van der Waals surface area contributed by atoms with Crippen molar-refractivity contribution in [3.63, 3.8) is 0 Å². The van der Waals surface area contributed by atoms with Crippen molar-refractivity contribution in [2.75, 3.05) is 13.1 Å². The van der Waals surface area contributed by atoms with Crippen LogP contribution in [0.5, 0.6) is 0 Å². The Hall–Kier alpha value is -2.31. The van der Waals surface area contributed by atoms with E-state index in [0.717, 1.165) is 44.5 Å². The molecule has 1 atom stereocenters. The van der Waals surface area contributed by atoms with Crippen LogP contribution in [0.1, 0.15) is 72.5 Å². The first kappa shape index (κ1) is 15.2. The molecule has 1 aliphatic heterocycles. The van der Waals surface area contributed by atoms with Gasteiger partial charge in [0.2, 0.25) is 5.89 Å². The first-order valence-corrected chi connectivity index (χ1v) is 8.69. The molecule has 0 spiro atoms. The number of rotatable bonds is 4. The van der Waals surface area contributed by atoms with E-state index >= 15 is 0 Å². The Balaban J connectivity index is 1.48. The smallest absolute Gasteiger partial charge is 0.272 e. The van der Waals surface area contributed by atoms with Gasteiger partial charge in [-0.2, -0.15) is 4.98 Å². The van der Waals surface area contributed by atoms with Crippen LogP contribution >= 0.6 is 0 Å². The molecule has 126 valence electrons. The van der Waals surface area contributed by atoms with E-state index in [0.29, 0.717) is 29.9 Å². The van der Waals surface area contributed by atoms with Crippen molar-refractivity contribution in [3.8, 4) is 0 Å². The molecule has 7 heteroatoms. The zero-order chi connectivity index (χ0) is 16.5. The minimum absolute atomic E-state index is 0.0248. The molecule has 1 saturated heterocycles. The molecule has 1 amide bonds. The predicted molar refractivity (Wildman–Crippen MR) is 85.6 cm³/mol. The normalized spacial score (nSPS) is 21.0. The number of aromatic nitrogens is 4. The SMILES string of the molecule is CCc1nc([C@@H]2CCCN(C(=O)c3ccnc(C4CC4)n3)C2)no1. The zero-order valence-electron chi connectivity index (χ0n) is 13.8. The number of amides is 1. The van der Waals surface area contributed by atoms with Crippen LogP contribution in [0.3, 0.4) is 0 Å². The Morgan fingerprint density at radius 2 is 2.12 bits per heavy atom. The molecule has 2 fully saturated rings. The lowest BCUT2D eigenvalue weighted by Gasteiger charge is -2.31. The van der Waals surface area contributed by atoms with Crippen LogP contribution in [0.15, 0.2) is 16.8 Å². The Labute approximate surface area is 140 Å². The van der Waals surface area contributed by atoms with Crippen molar-refractivity contribution in [2.24, 2.45) is 0 Å². The first-order valence-electron chi connectivity index (χ1n) is 8.69. The van der Waals surface area contributed by atoms with E-state index in [4.69, 9.17) is 4.52 Å². The maximum atomic E-state index is 12.8. The largest absolute Gasteiger partial charge is 0.339 e. The molecule has 0 unspecified atom stereocenters. The lowest BCUT2D eigenvalue weighted by Crippen LogP contribution is -2.39. The second kappa shape index (κ2) is 6.30. The molecule has 4 rings (SSSR count). The number of carbonyl (C=O) groups excluding carboxylic acids is 1. The van der Waals surface area contributed by atoms with Crippen molar-refractivity contribution in [1.82, 2.24) is 25.0 Å². The number of likely N-dealkylation sites (tertiary alicyclic amines) is 1. The fourth-order valence-electron chi connectivity index (χ4n) is 3.14. The van der Waals surface area contributed by atoms with E-state index in [1.165, 1.54) is 0 Å². The quantitative estimate of drug-likeness (QED) is 0.857. The summed E-state index contributed by atoms with van der Waals surface area (Å²) in [4.78, 5) is 27.8. The Morgan fingerprint density at radius 3 is 2.88 bits per heavy atom. The second-order valence-electron chi connectivity index (χ2n) is 6.56. The van der Waals surface area contributed by atoms with Crippen molar-refractivity contribution < 1.29 is 9.32 Å². The molecule has 3 heterocycles. The van der Waals surface area contributed by atoms with Crippen LogP contribution in [-0.2, 0) is 6.42 Å². The van der Waals surface area contributed by atoms with Crippen molar-refractivity contribution in [2.45, 2.75) is 50.9 Å². The van der Waals surface area contributed by atoms with Crippen LogP contribution < -0.4 is 0 Å². The summed E-state index contributed by atoms with van der Waals surface area (Å²) in [5.41, 5.74) is 0.495. The van der Waals surface area contributed by atoms with Crippen LogP contribution in [0, 0.1) is 0 Å². The van der Waals surface area contributed by atoms with Gasteiger partial charge in [0.25, 0.3) is 5.91 Å². The van der Waals surface area contributed by atoms with E-state index in [1.54, 1.807) is 12.3 Å². The molecule has 24 heavy (non-hydrogen) atoms. The Morgan fingerprint density at radius 1 is 1.25 bits per heavy atom. The average Bonchev–Trinajstić information content (AvgIpc) is 3.38. The van der Waals surface area contributed by atoms with Gasteiger partial charge in [-0.15, -0.1) is 0 Å². The molecule has 1 saturated carbocycles. The van der Waals surface area contributed by atoms with Crippen molar-refractivity contribution >= 4 is 5.91 Å². The summed E-state index contributed by atoms with van der Waals surface area (Å²) < 4.78 is 5.21. The van der Waals surface area contributed by atoms with E-state index in [-0.39, 0.29) is 11.8 Å². The number of hydrogen-bond acceptors (Lipinski definition) is 6.